The minimum atomic E-state index is 0.327. The van der Waals surface area contributed by atoms with Gasteiger partial charge in [0, 0.05) is 24.5 Å². The Morgan fingerprint density at radius 3 is 2.47 bits per heavy atom. The maximum Gasteiger partial charge on any atom is 0.182 e. The van der Waals surface area contributed by atoms with Gasteiger partial charge in [-0.25, -0.2) is 9.97 Å². The molecule has 0 radical (unpaired) electrons. The van der Waals surface area contributed by atoms with E-state index in [1.165, 1.54) is 0 Å². The molecule has 0 saturated heterocycles. The lowest BCUT2D eigenvalue weighted by Crippen LogP contribution is -2.07. The second-order valence-corrected chi connectivity index (χ2v) is 4.46. The Bertz CT molecular complexity index is 519. The highest BCUT2D eigenvalue weighted by Gasteiger charge is 2.14. The van der Waals surface area contributed by atoms with E-state index < -0.39 is 0 Å². The molecule has 0 fully saturated rings. The molecule has 0 aromatic carbocycles. The van der Waals surface area contributed by atoms with Gasteiger partial charge in [-0.3, -0.25) is 4.68 Å². The summed E-state index contributed by atoms with van der Waals surface area (Å²) in [5.41, 5.74) is 8.67. The number of aryl methyl sites for hydroxylation is 2. The Morgan fingerprint density at radius 2 is 2.00 bits per heavy atom. The smallest absolute Gasteiger partial charge is 0.182 e. The fourth-order valence-electron chi connectivity index (χ4n) is 1.97. The summed E-state index contributed by atoms with van der Waals surface area (Å²) < 4.78 is 1.72. The van der Waals surface area contributed by atoms with Crippen LogP contribution in [0.3, 0.4) is 0 Å². The number of nitrogens with zero attached hydrogens (tertiary/aromatic N) is 4. The fourth-order valence-corrected chi connectivity index (χ4v) is 1.97. The minimum absolute atomic E-state index is 0.327. The quantitative estimate of drug-likeness (QED) is 0.856. The first-order chi connectivity index (χ1) is 7.99. The van der Waals surface area contributed by atoms with E-state index in [0.717, 1.165) is 17.0 Å². The molecule has 5 heteroatoms. The van der Waals surface area contributed by atoms with Gasteiger partial charge in [0.2, 0.25) is 0 Å². The van der Waals surface area contributed by atoms with Crippen LogP contribution in [-0.2, 0) is 7.05 Å². The Hall–Kier alpha value is -1.91. The summed E-state index contributed by atoms with van der Waals surface area (Å²) in [5, 5.41) is 4.27. The molecule has 2 heterocycles. The molecule has 0 unspecified atom stereocenters. The Labute approximate surface area is 101 Å². The van der Waals surface area contributed by atoms with Crippen LogP contribution in [0.15, 0.2) is 12.3 Å². The van der Waals surface area contributed by atoms with Crippen LogP contribution in [-0.4, -0.2) is 19.7 Å². The molecule has 2 aromatic heterocycles. The summed E-state index contributed by atoms with van der Waals surface area (Å²) in [4.78, 5) is 8.80. The average molecular weight is 231 g/mol. The molecule has 0 spiro atoms. The molecule has 0 bridgehead atoms. The van der Waals surface area contributed by atoms with Gasteiger partial charge in [0.15, 0.2) is 5.82 Å². The van der Waals surface area contributed by atoms with Crippen molar-refractivity contribution in [2.24, 2.45) is 7.05 Å². The zero-order valence-electron chi connectivity index (χ0n) is 10.6. The van der Waals surface area contributed by atoms with Gasteiger partial charge in [-0.2, -0.15) is 5.10 Å². The van der Waals surface area contributed by atoms with Crippen molar-refractivity contribution in [2.45, 2.75) is 26.7 Å². The van der Waals surface area contributed by atoms with Crippen molar-refractivity contribution in [3.63, 3.8) is 0 Å². The number of nitrogen functional groups attached to an aromatic ring is 1. The van der Waals surface area contributed by atoms with E-state index in [4.69, 9.17) is 5.73 Å². The van der Waals surface area contributed by atoms with Crippen LogP contribution in [0.2, 0.25) is 0 Å². The number of aromatic nitrogens is 4. The largest absolute Gasteiger partial charge is 0.383 e. The monoisotopic (exact) mass is 231 g/mol. The van der Waals surface area contributed by atoms with Crippen molar-refractivity contribution in [1.82, 2.24) is 19.7 Å². The second-order valence-electron chi connectivity index (χ2n) is 4.46. The maximum atomic E-state index is 5.98. The molecule has 0 amide bonds. The Morgan fingerprint density at radius 1 is 1.29 bits per heavy atom. The predicted molar refractivity (Wildman–Crippen MR) is 67.5 cm³/mol. The summed E-state index contributed by atoms with van der Waals surface area (Å²) >= 11 is 0. The third-order valence-corrected chi connectivity index (χ3v) is 2.69. The minimum Gasteiger partial charge on any atom is -0.383 e. The highest BCUT2D eigenvalue weighted by atomic mass is 15.3. The number of hydrogen-bond donors (Lipinski definition) is 1. The van der Waals surface area contributed by atoms with Crippen molar-refractivity contribution < 1.29 is 0 Å². The highest BCUT2D eigenvalue weighted by Crippen LogP contribution is 2.25. The van der Waals surface area contributed by atoms with Crippen molar-refractivity contribution in [3.8, 4) is 11.5 Å². The zero-order chi connectivity index (χ0) is 12.6. The van der Waals surface area contributed by atoms with E-state index in [2.05, 4.69) is 28.9 Å². The normalized spacial score (nSPS) is 11.1. The molecule has 0 aliphatic carbocycles. The van der Waals surface area contributed by atoms with Crippen LogP contribution in [0.4, 0.5) is 5.82 Å². The lowest BCUT2D eigenvalue weighted by atomic mass is 10.0. The van der Waals surface area contributed by atoms with Crippen LogP contribution < -0.4 is 5.73 Å². The standard InChI is InChI=1S/C12H17N5/c1-7(2)10-8(3)14-12(15-11(10)13)9-5-6-17(4)16-9/h5-7H,1-4H3,(H2,13,14,15). The number of nitrogens with two attached hydrogens (primary N) is 1. The van der Waals surface area contributed by atoms with Crippen molar-refractivity contribution in [2.75, 3.05) is 5.73 Å². The van der Waals surface area contributed by atoms with Crippen LogP contribution in [0, 0.1) is 6.92 Å². The van der Waals surface area contributed by atoms with Crippen LogP contribution in [0.5, 0.6) is 0 Å². The third kappa shape index (κ3) is 2.13. The Kier molecular flexibility index (Phi) is 2.83. The molecule has 0 saturated carbocycles. The fraction of sp³-hybridized carbons (Fsp3) is 0.417. The molecule has 0 atom stereocenters. The van der Waals surface area contributed by atoms with Gasteiger partial charge < -0.3 is 5.73 Å². The van der Waals surface area contributed by atoms with E-state index in [1.807, 2.05) is 26.2 Å². The summed E-state index contributed by atoms with van der Waals surface area (Å²) in [5.74, 6) is 1.46. The third-order valence-electron chi connectivity index (χ3n) is 2.69. The molecular formula is C12H17N5. The van der Waals surface area contributed by atoms with Crippen LogP contribution >= 0.6 is 0 Å². The first kappa shape index (κ1) is 11.6. The summed E-state index contributed by atoms with van der Waals surface area (Å²) in [6.07, 6.45) is 1.86. The summed E-state index contributed by atoms with van der Waals surface area (Å²) in [7, 11) is 1.86. The molecule has 2 N–H and O–H groups in total. The average Bonchev–Trinajstić information content (AvgIpc) is 2.63. The predicted octanol–water partition coefficient (Wildman–Crippen LogP) is 1.89. The van der Waals surface area contributed by atoms with Crippen molar-refractivity contribution in [3.05, 3.63) is 23.5 Å². The number of hydrogen-bond acceptors (Lipinski definition) is 4. The molecule has 2 rings (SSSR count). The second kappa shape index (κ2) is 4.16. The van der Waals surface area contributed by atoms with Gasteiger partial charge in [-0.1, -0.05) is 13.8 Å². The molecule has 0 aliphatic rings. The van der Waals surface area contributed by atoms with E-state index in [-0.39, 0.29) is 0 Å². The lowest BCUT2D eigenvalue weighted by molar-refractivity contribution is 0.767. The highest BCUT2D eigenvalue weighted by molar-refractivity contribution is 5.55. The SMILES string of the molecule is Cc1nc(-c2ccn(C)n2)nc(N)c1C(C)C. The molecule has 17 heavy (non-hydrogen) atoms. The Balaban J connectivity index is 2.52. The molecule has 0 aliphatic heterocycles. The van der Waals surface area contributed by atoms with E-state index >= 15 is 0 Å². The van der Waals surface area contributed by atoms with E-state index in [9.17, 15) is 0 Å². The first-order valence-electron chi connectivity index (χ1n) is 5.63. The number of rotatable bonds is 2. The van der Waals surface area contributed by atoms with E-state index in [1.54, 1.807) is 4.68 Å². The van der Waals surface area contributed by atoms with Gasteiger partial charge >= 0.3 is 0 Å². The van der Waals surface area contributed by atoms with Crippen LogP contribution in [0.25, 0.3) is 11.5 Å². The van der Waals surface area contributed by atoms with E-state index in [0.29, 0.717) is 17.6 Å². The van der Waals surface area contributed by atoms with Gasteiger partial charge in [-0.05, 0) is 18.9 Å². The number of anilines is 1. The molecule has 90 valence electrons. The topological polar surface area (TPSA) is 69.6 Å². The summed E-state index contributed by atoms with van der Waals surface area (Å²) in [6.45, 7) is 6.13. The molecule has 5 nitrogen and oxygen atoms in total. The van der Waals surface area contributed by atoms with Crippen molar-refractivity contribution >= 4 is 5.82 Å². The first-order valence-corrected chi connectivity index (χ1v) is 5.63. The van der Waals surface area contributed by atoms with Gasteiger partial charge in [-0.15, -0.1) is 0 Å². The van der Waals surface area contributed by atoms with Gasteiger partial charge in [0.1, 0.15) is 11.5 Å². The van der Waals surface area contributed by atoms with Gasteiger partial charge in [0.25, 0.3) is 0 Å². The maximum absolute atomic E-state index is 5.98. The van der Waals surface area contributed by atoms with Gasteiger partial charge in [0.05, 0.1) is 0 Å². The molecular weight excluding hydrogens is 214 g/mol. The van der Waals surface area contributed by atoms with Crippen molar-refractivity contribution in [1.29, 1.82) is 0 Å². The molecule has 2 aromatic rings. The lowest BCUT2D eigenvalue weighted by Gasteiger charge is -2.12. The zero-order valence-corrected chi connectivity index (χ0v) is 10.6. The van der Waals surface area contributed by atoms with Crippen LogP contribution in [0.1, 0.15) is 31.0 Å². The summed E-state index contributed by atoms with van der Waals surface area (Å²) in [6, 6.07) is 1.88.